The first-order valence-electron chi connectivity index (χ1n) is 8.11. The molecule has 0 bridgehead atoms. The summed E-state index contributed by atoms with van der Waals surface area (Å²) in [6.07, 6.45) is 1.11. The Bertz CT molecular complexity index is 388. The van der Waals surface area contributed by atoms with E-state index in [-0.39, 0.29) is 0 Å². The molecule has 1 N–H and O–H groups in total. The third-order valence-electron chi connectivity index (χ3n) is 3.64. The summed E-state index contributed by atoms with van der Waals surface area (Å²) in [6.45, 7) is 10.1. The van der Waals surface area contributed by atoms with Crippen molar-refractivity contribution in [2.45, 2.75) is 26.8 Å². The van der Waals surface area contributed by atoms with E-state index in [1.807, 2.05) is 7.05 Å². The van der Waals surface area contributed by atoms with Crippen molar-refractivity contribution in [2.75, 3.05) is 47.3 Å². The first kappa shape index (κ1) is 18.1. The van der Waals surface area contributed by atoms with Gasteiger partial charge in [-0.2, -0.15) is 0 Å². The Morgan fingerprint density at radius 2 is 1.71 bits per heavy atom. The van der Waals surface area contributed by atoms with Crippen molar-refractivity contribution in [3.8, 4) is 0 Å². The lowest BCUT2D eigenvalue weighted by Crippen LogP contribution is -2.34. The lowest BCUT2D eigenvalue weighted by Gasteiger charge is -2.27. The average Bonchev–Trinajstić information content (AvgIpc) is 2.43. The molecule has 0 aliphatic carbocycles. The van der Waals surface area contributed by atoms with Gasteiger partial charge in [0.05, 0.1) is 0 Å². The molecule has 1 rings (SSSR count). The molecule has 0 unspecified atom stereocenters. The van der Waals surface area contributed by atoms with E-state index in [0.29, 0.717) is 5.92 Å². The van der Waals surface area contributed by atoms with Gasteiger partial charge in [0.15, 0.2) is 0 Å². The molecule has 0 aliphatic rings. The van der Waals surface area contributed by atoms with Crippen LogP contribution in [0.15, 0.2) is 24.3 Å². The summed E-state index contributed by atoms with van der Waals surface area (Å²) in [5, 5.41) is 3.25. The molecule has 21 heavy (non-hydrogen) atoms. The zero-order valence-corrected chi connectivity index (χ0v) is 14.5. The maximum absolute atomic E-state index is 3.25. The summed E-state index contributed by atoms with van der Waals surface area (Å²) >= 11 is 0. The molecule has 0 spiro atoms. The molecule has 0 heterocycles. The van der Waals surface area contributed by atoms with Crippen LogP contribution >= 0.6 is 0 Å². The Hall–Kier alpha value is -0.900. The minimum absolute atomic E-state index is 0.705. The Labute approximate surface area is 131 Å². The third kappa shape index (κ3) is 7.60. The molecule has 0 aromatic heterocycles. The maximum Gasteiger partial charge on any atom is 0.0237 e. The van der Waals surface area contributed by atoms with Crippen LogP contribution in [0.3, 0.4) is 0 Å². The highest BCUT2D eigenvalue weighted by Crippen LogP contribution is 2.13. The van der Waals surface area contributed by atoms with E-state index >= 15 is 0 Å². The number of benzene rings is 1. The van der Waals surface area contributed by atoms with Crippen LogP contribution < -0.4 is 5.32 Å². The van der Waals surface area contributed by atoms with Crippen molar-refractivity contribution in [1.29, 1.82) is 0 Å². The number of likely N-dealkylation sites (N-methyl/N-ethyl adjacent to an activating group) is 2. The van der Waals surface area contributed by atoms with Gasteiger partial charge >= 0.3 is 0 Å². The molecular weight excluding hydrogens is 258 g/mol. The first-order valence-corrected chi connectivity index (χ1v) is 8.11. The van der Waals surface area contributed by atoms with Crippen molar-refractivity contribution in [2.24, 2.45) is 5.92 Å². The lowest BCUT2D eigenvalue weighted by atomic mass is 10.0. The predicted molar refractivity (Wildman–Crippen MR) is 92.7 cm³/mol. The molecule has 3 nitrogen and oxygen atoms in total. The second-order valence-electron chi connectivity index (χ2n) is 6.55. The second-order valence-corrected chi connectivity index (χ2v) is 6.55. The molecule has 0 fully saturated rings. The number of hydrogen-bond donors (Lipinski definition) is 1. The average molecular weight is 291 g/mol. The number of nitrogens with one attached hydrogen (secondary N) is 1. The maximum atomic E-state index is 3.25. The summed E-state index contributed by atoms with van der Waals surface area (Å²) in [4.78, 5) is 4.85. The summed E-state index contributed by atoms with van der Waals surface area (Å²) in [5.41, 5.74) is 2.96. The van der Waals surface area contributed by atoms with Crippen molar-refractivity contribution in [3.63, 3.8) is 0 Å². The van der Waals surface area contributed by atoms with Crippen LogP contribution in [0.25, 0.3) is 0 Å². The van der Waals surface area contributed by atoms with Gasteiger partial charge in [-0.3, -0.25) is 4.90 Å². The highest BCUT2D eigenvalue weighted by atomic mass is 15.2. The zero-order chi connectivity index (χ0) is 15.7. The van der Waals surface area contributed by atoms with Crippen LogP contribution in [-0.4, -0.2) is 57.1 Å². The van der Waals surface area contributed by atoms with Gasteiger partial charge in [-0.15, -0.1) is 0 Å². The summed E-state index contributed by atoms with van der Waals surface area (Å²) < 4.78 is 0. The molecule has 0 radical (unpaired) electrons. The SMILES string of the molecule is CNCCc1ccccc1CN(CCN(C)C)CC(C)C. The Balaban J connectivity index is 2.72. The van der Waals surface area contributed by atoms with Gasteiger partial charge < -0.3 is 10.2 Å². The molecule has 0 saturated heterocycles. The molecule has 0 atom stereocenters. The van der Waals surface area contributed by atoms with Crippen molar-refractivity contribution in [3.05, 3.63) is 35.4 Å². The molecule has 0 amide bonds. The molecule has 0 aliphatic heterocycles. The van der Waals surface area contributed by atoms with Crippen molar-refractivity contribution < 1.29 is 0 Å². The van der Waals surface area contributed by atoms with E-state index in [0.717, 1.165) is 39.1 Å². The van der Waals surface area contributed by atoms with E-state index < -0.39 is 0 Å². The summed E-state index contributed by atoms with van der Waals surface area (Å²) in [7, 11) is 6.31. The monoisotopic (exact) mass is 291 g/mol. The van der Waals surface area contributed by atoms with Crippen molar-refractivity contribution in [1.82, 2.24) is 15.1 Å². The molecule has 120 valence electrons. The summed E-state index contributed by atoms with van der Waals surface area (Å²) in [5.74, 6) is 0.705. The zero-order valence-electron chi connectivity index (χ0n) is 14.5. The van der Waals surface area contributed by atoms with Gasteiger partial charge in [0.1, 0.15) is 0 Å². The topological polar surface area (TPSA) is 18.5 Å². The molecular formula is C18H33N3. The van der Waals surface area contributed by atoms with E-state index in [1.165, 1.54) is 11.1 Å². The van der Waals surface area contributed by atoms with E-state index in [2.05, 4.69) is 67.3 Å². The quantitative estimate of drug-likeness (QED) is 0.714. The molecule has 1 aromatic carbocycles. The predicted octanol–water partition coefficient (Wildman–Crippen LogP) is 2.47. The highest BCUT2D eigenvalue weighted by molar-refractivity contribution is 5.27. The second kappa shape index (κ2) is 9.93. The normalized spacial score (nSPS) is 11.8. The van der Waals surface area contributed by atoms with Crippen LogP contribution in [-0.2, 0) is 13.0 Å². The van der Waals surface area contributed by atoms with Crippen LogP contribution in [0.1, 0.15) is 25.0 Å². The van der Waals surface area contributed by atoms with Gasteiger partial charge in [0.2, 0.25) is 0 Å². The third-order valence-corrected chi connectivity index (χ3v) is 3.64. The van der Waals surface area contributed by atoms with E-state index in [9.17, 15) is 0 Å². The number of rotatable bonds is 10. The fourth-order valence-electron chi connectivity index (χ4n) is 2.55. The highest BCUT2D eigenvalue weighted by Gasteiger charge is 2.11. The van der Waals surface area contributed by atoms with Crippen LogP contribution in [0, 0.1) is 5.92 Å². The smallest absolute Gasteiger partial charge is 0.0237 e. The minimum atomic E-state index is 0.705. The Kier molecular flexibility index (Phi) is 8.58. The van der Waals surface area contributed by atoms with Crippen LogP contribution in [0.2, 0.25) is 0 Å². The number of nitrogens with zero attached hydrogens (tertiary/aromatic N) is 2. The van der Waals surface area contributed by atoms with Gasteiger partial charge in [0, 0.05) is 26.2 Å². The van der Waals surface area contributed by atoms with Crippen LogP contribution in [0.4, 0.5) is 0 Å². The van der Waals surface area contributed by atoms with E-state index in [1.54, 1.807) is 0 Å². The lowest BCUT2D eigenvalue weighted by molar-refractivity contribution is 0.211. The first-order chi connectivity index (χ1) is 10.0. The fourth-order valence-corrected chi connectivity index (χ4v) is 2.55. The van der Waals surface area contributed by atoms with E-state index in [4.69, 9.17) is 0 Å². The van der Waals surface area contributed by atoms with Crippen molar-refractivity contribution >= 4 is 0 Å². The fraction of sp³-hybridized carbons (Fsp3) is 0.667. The van der Waals surface area contributed by atoms with Crippen LogP contribution in [0.5, 0.6) is 0 Å². The molecule has 0 saturated carbocycles. The molecule has 3 heteroatoms. The van der Waals surface area contributed by atoms with Gasteiger partial charge in [0.25, 0.3) is 0 Å². The Morgan fingerprint density at radius 3 is 2.29 bits per heavy atom. The Morgan fingerprint density at radius 1 is 1.05 bits per heavy atom. The number of hydrogen-bond acceptors (Lipinski definition) is 3. The molecule has 1 aromatic rings. The van der Waals surface area contributed by atoms with Gasteiger partial charge in [-0.05, 0) is 51.2 Å². The minimum Gasteiger partial charge on any atom is -0.319 e. The van der Waals surface area contributed by atoms with Gasteiger partial charge in [-0.1, -0.05) is 38.1 Å². The van der Waals surface area contributed by atoms with Gasteiger partial charge in [-0.25, -0.2) is 0 Å². The summed E-state index contributed by atoms with van der Waals surface area (Å²) in [6, 6.07) is 8.87. The largest absolute Gasteiger partial charge is 0.319 e. The standard InChI is InChI=1S/C18H33N3/c1-16(2)14-21(13-12-20(4)5)15-18-9-7-6-8-17(18)10-11-19-3/h6-9,16,19H,10-15H2,1-5H3.